The first kappa shape index (κ1) is 8.10. The van der Waals surface area contributed by atoms with E-state index in [9.17, 15) is 13.6 Å². The van der Waals surface area contributed by atoms with E-state index in [0.29, 0.717) is 6.42 Å². The first-order chi connectivity index (χ1) is 5.68. The zero-order valence-corrected chi connectivity index (χ0v) is 6.50. The van der Waals surface area contributed by atoms with Gasteiger partial charge < -0.3 is 4.74 Å². The first-order valence-electron chi connectivity index (χ1n) is 4.16. The first-order valence-corrected chi connectivity index (χ1v) is 4.16. The Labute approximate surface area is 68.9 Å². The van der Waals surface area contributed by atoms with Crippen molar-refractivity contribution in [2.24, 2.45) is 5.92 Å². The lowest BCUT2D eigenvalue weighted by atomic mass is 9.86. The Bertz CT molecular complexity index is 205. The lowest BCUT2D eigenvalue weighted by Crippen LogP contribution is -2.29. The SMILES string of the molecule is O=C(C(F)F)C1CC2CCC1O2. The summed E-state index contributed by atoms with van der Waals surface area (Å²) in [5.74, 6) is -1.45. The molecule has 0 aromatic rings. The smallest absolute Gasteiger partial charge is 0.296 e. The summed E-state index contributed by atoms with van der Waals surface area (Å²) in [7, 11) is 0. The highest BCUT2D eigenvalue weighted by molar-refractivity contribution is 5.84. The number of ketones is 1. The molecule has 68 valence electrons. The third kappa shape index (κ3) is 1.14. The predicted octanol–water partition coefficient (Wildman–Crippen LogP) is 1.39. The lowest BCUT2D eigenvalue weighted by molar-refractivity contribution is -0.135. The minimum atomic E-state index is -2.82. The van der Waals surface area contributed by atoms with Gasteiger partial charge in [0.2, 0.25) is 5.78 Å². The van der Waals surface area contributed by atoms with Crippen LogP contribution >= 0.6 is 0 Å². The van der Waals surface area contributed by atoms with Crippen LogP contribution in [0.4, 0.5) is 8.78 Å². The van der Waals surface area contributed by atoms with E-state index in [1.54, 1.807) is 0 Å². The summed E-state index contributed by atoms with van der Waals surface area (Å²) in [5, 5.41) is 0. The van der Waals surface area contributed by atoms with Crippen LogP contribution in [0.1, 0.15) is 19.3 Å². The maximum Gasteiger partial charge on any atom is 0.296 e. The number of alkyl halides is 2. The largest absolute Gasteiger partial charge is 0.374 e. The molecule has 3 unspecified atom stereocenters. The molecular formula is C8H10F2O2. The van der Waals surface area contributed by atoms with Crippen LogP contribution in [0, 0.1) is 5.92 Å². The van der Waals surface area contributed by atoms with E-state index in [1.807, 2.05) is 0 Å². The van der Waals surface area contributed by atoms with E-state index in [0.717, 1.165) is 12.8 Å². The molecular weight excluding hydrogens is 166 g/mol. The van der Waals surface area contributed by atoms with Gasteiger partial charge in [-0.25, -0.2) is 8.78 Å². The molecule has 2 saturated heterocycles. The zero-order valence-electron chi connectivity index (χ0n) is 6.50. The maximum atomic E-state index is 12.0. The summed E-state index contributed by atoms with van der Waals surface area (Å²) in [4.78, 5) is 10.9. The van der Waals surface area contributed by atoms with Crippen LogP contribution in [0.25, 0.3) is 0 Å². The fourth-order valence-electron chi connectivity index (χ4n) is 2.10. The molecule has 3 atom stereocenters. The molecule has 4 heteroatoms. The third-order valence-electron chi connectivity index (χ3n) is 2.69. The quantitative estimate of drug-likeness (QED) is 0.635. The molecule has 0 saturated carbocycles. The van der Waals surface area contributed by atoms with E-state index in [4.69, 9.17) is 4.74 Å². The Hall–Kier alpha value is -0.510. The molecule has 2 nitrogen and oxygen atoms in total. The van der Waals surface area contributed by atoms with E-state index in [-0.39, 0.29) is 12.2 Å². The summed E-state index contributed by atoms with van der Waals surface area (Å²) in [6.07, 6.45) is -0.753. The van der Waals surface area contributed by atoms with Crippen molar-refractivity contribution >= 4 is 5.78 Å². The van der Waals surface area contributed by atoms with E-state index < -0.39 is 18.1 Å². The second kappa shape index (κ2) is 2.76. The Morgan fingerprint density at radius 3 is 2.58 bits per heavy atom. The van der Waals surface area contributed by atoms with Gasteiger partial charge in [-0.15, -0.1) is 0 Å². The Morgan fingerprint density at radius 2 is 2.17 bits per heavy atom. The van der Waals surface area contributed by atoms with Gasteiger partial charge in [-0.05, 0) is 19.3 Å². The highest BCUT2D eigenvalue weighted by Crippen LogP contribution is 2.39. The Morgan fingerprint density at radius 1 is 1.42 bits per heavy atom. The molecule has 0 N–H and O–H groups in total. The van der Waals surface area contributed by atoms with Crippen LogP contribution in [-0.4, -0.2) is 24.4 Å². The fraction of sp³-hybridized carbons (Fsp3) is 0.875. The summed E-state index contributed by atoms with van der Waals surface area (Å²) < 4.78 is 29.3. The van der Waals surface area contributed by atoms with Crippen LogP contribution in [-0.2, 0) is 9.53 Å². The van der Waals surface area contributed by atoms with Gasteiger partial charge in [0.1, 0.15) is 0 Å². The van der Waals surface area contributed by atoms with Crippen molar-refractivity contribution in [2.45, 2.75) is 37.9 Å². The number of carbonyl (C=O) groups excluding carboxylic acids is 1. The standard InChI is InChI=1S/C8H10F2O2/c9-8(10)7(11)5-3-4-1-2-6(5)12-4/h4-6,8H,1-3H2. The molecule has 0 radical (unpaired) electrons. The van der Waals surface area contributed by atoms with Gasteiger partial charge >= 0.3 is 0 Å². The number of hydrogen-bond acceptors (Lipinski definition) is 2. The average molecular weight is 176 g/mol. The van der Waals surface area contributed by atoms with Gasteiger partial charge in [-0.3, -0.25) is 4.79 Å². The van der Waals surface area contributed by atoms with Gasteiger partial charge in [-0.1, -0.05) is 0 Å². The maximum absolute atomic E-state index is 12.0. The highest BCUT2D eigenvalue weighted by atomic mass is 19.3. The van der Waals surface area contributed by atoms with E-state index in [2.05, 4.69) is 0 Å². The van der Waals surface area contributed by atoms with Crippen molar-refractivity contribution in [1.29, 1.82) is 0 Å². The van der Waals surface area contributed by atoms with Crippen molar-refractivity contribution < 1.29 is 18.3 Å². The van der Waals surface area contributed by atoms with Crippen molar-refractivity contribution in [1.82, 2.24) is 0 Å². The van der Waals surface area contributed by atoms with Gasteiger partial charge in [-0.2, -0.15) is 0 Å². The van der Waals surface area contributed by atoms with Gasteiger partial charge in [0.15, 0.2) is 0 Å². The number of halogens is 2. The van der Waals surface area contributed by atoms with Crippen molar-refractivity contribution in [3.05, 3.63) is 0 Å². The van der Waals surface area contributed by atoms with Gasteiger partial charge in [0, 0.05) is 0 Å². The minimum Gasteiger partial charge on any atom is -0.374 e. The molecule has 0 amide bonds. The molecule has 2 bridgehead atoms. The van der Waals surface area contributed by atoms with Gasteiger partial charge in [0.25, 0.3) is 6.43 Å². The topological polar surface area (TPSA) is 26.3 Å². The Balaban J connectivity index is 2.02. The number of carbonyl (C=O) groups is 1. The minimum absolute atomic E-state index is 0.0719. The number of ether oxygens (including phenoxy) is 1. The lowest BCUT2D eigenvalue weighted by Gasteiger charge is -2.15. The fourth-order valence-corrected chi connectivity index (χ4v) is 2.10. The molecule has 2 heterocycles. The monoisotopic (exact) mass is 176 g/mol. The Kier molecular flexibility index (Phi) is 1.87. The summed E-state index contributed by atoms with van der Waals surface area (Å²) in [6.45, 7) is 0. The molecule has 2 fully saturated rings. The van der Waals surface area contributed by atoms with Crippen LogP contribution in [0.5, 0.6) is 0 Å². The van der Waals surface area contributed by atoms with Crippen molar-refractivity contribution in [3.63, 3.8) is 0 Å². The average Bonchev–Trinajstić information content (AvgIpc) is 2.62. The summed E-state index contributed by atoms with van der Waals surface area (Å²) in [5.41, 5.74) is 0. The normalized spacial score (nSPS) is 39.4. The third-order valence-corrected chi connectivity index (χ3v) is 2.69. The number of fused-ring (bicyclic) bond motifs is 2. The summed E-state index contributed by atoms with van der Waals surface area (Å²) >= 11 is 0. The molecule has 2 aliphatic rings. The second-order valence-electron chi connectivity index (χ2n) is 3.42. The van der Waals surface area contributed by atoms with Crippen LogP contribution in [0.3, 0.4) is 0 Å². The number of Topliss-reactive ketones (excluding diaryl/α,β-unsaturated/α-hetero) is 1. The van der Waals surface area contributed by atoms with E-state index in [1.165, 1.54) is 0 Å². The highest BCUT2D eigenvalue weighted by Gasteiger charge is 2.46. The van der Waals surface area contributed by atoms with Crippen LogP contribution < -0.4 is 0 Å². The summed E-state index contributed by atoms with van der Waals surface area (Å²) in [6, 6.07) is 0. The molecule has 0 aromatic heterocycles. The van der Waals surface area contributed by atoms with Gasteiger partial charge in [0.05, 0.1) is 18.1 Å². The van der Waals surface area contributed by atoms with Crippen LogP contribution in [0.15, 0.2) is 0 Å². The van der Waals surface area contributed by atoms with E-state index >= 15 is 0 Å². The van der Waals surface area contributed by atoms with Crippen LogP contribution in [0.2, 0.25) is 0 Å². The molecule has 12 heavy (non-hydrogen) atoms. The molecule has 2 rings (SSSR count). The number of rotatable bonds is 2. The predicted molar refractivity (Wildman–Crippen MR) is 37.0 cm³/mol. The molecule has 0 aromatic carbocycles. The molecule has 0 spiro atoms. The second-order valence-corrected chi connectivity index (χ2v) is 3.42. The molecule has 2 aliphatic heterocycles. The zero-order chi connectivity index (χ0) is 8.72. The number of hydrogen-bond donors (Lipinski definition) is 0. The molecule has 0 aliphatic carbocycles. The van der Waals surface area contributed by atoms with Crippen molar-refractivity contribution in [3.8, 4) is 0 Å². The van der Waals surface area contributed by atoms with Crippen molar-refractivity contribution in [2.75, 3.05) is 0 Å².